The molecule has 0 aliphatic carbocycles. The van der Waals surface area contributed by atoms with Crippen LogP contribution in [0.4, 0.5) is 5.69 Å². The third-order valence-electron chi connectivity index (χ3n) is 2.69. The summed E-state index contributed by atoms with van der Waals surface area (Å²) < 4.78 is 12.1. The summed E-state index contributed by atoms with van der Waals surface area (Å²) in [6, 6.07) is 14.8. The second-order valence-corrected chi connectivity index (χ2v) is 6.23. The van der Waals surface area contributed by atoms with Crippen molar-refractivity contribution >= 4 is 34.2 Å². The fourth-order valence-electron chi connectivity index (χ4n) is 1.77. The molecule has 2 aromatic carbocycles. The summed E-state index contributed by atoms with van der Waals surface area (Å²) in [5, 5.41) is 2.78. The first-order valence-electron chi connectivity index (χ1n) is 6.98. The number of nitrogens with one attached hydrogen (secondary N) is 1. The van der Waals surface area contributed by atoms with Gasteiger partial charge in [-0.25, -0.2) is 0 Å². The van der Waals surface area contributed by atoms with E-state index < -0.39 is 0 Å². The largest absolute Gasteiger partial charge is 0.491 e. The van der Waals surface area contributed by atoms with Crippen molar-refractivity contribution in [3.05, 3.63) is 52.1 Å². The molecule has 5 heteroatoms. The molecule has 0 aromatic heterocycles. The van der Waals surface area contributed by atoms with Gasteiger partial charge < -0.3 is 14.8 Å². The number of hydrogen-bond donors (Lipinski definition) is 1. The molecule has 2 aromatic rings. The van der Waals surface area contributed by atoms with Gasteiger partial charge in [-0.1, -0.05) is 0 Å². The molecule has 0 fully saturated rings. The van der Waals surface area contributed by atoms with Gasteiger partial charge in [0.15, 0.2) is 6.61 Å². The Labute approximate surface area is 144 Å². The summed E-state index contributed by atoms with van der Waals surface area (Å²) in [6.45, 7) is 3.92. The highest BCUT2D eigenvalue weighted by atomic mass is 127. The van der Waals surface area contributed by atoms with Crippen molar-refractivity contribution in [2.45, 2.75) is 20.0 Å². The molecular formula is C17H18INO3. The van der Waals surface area contributed by atoms with Crippen molar-refractivity contribution in [1.29, 1.82) is 0 Å². The molecule has 1 amide bonds. The highest BCUT2D eigenvalue weighted by Gasteiger charge is 2.04. The average molecular weight is 411 g/mol. The molecule has 0 spiro atoms. The number of rotatable bonds is 6. The number of hydrogen-bond acceptors (Lipinski definition) is 3. The van der Waals surface area contributed by atoms with Crippen molar-refractivity contribution in [2.75, 3.05) is 11.9 Å². The van der Waals surface area contributed by atoms with Crippen LogP contribution in [0.25, 0.3) is 0 Å². The fraction of sp³-hybridized carbons (Fsp3) is 0.235. The highest BCUT2D eigenvalue weighted by molar-refractivity contribution is 14.1. The molecule has 0 heterocycles. The zero-order chi connectivity index (χ0) is 15.9. The molecule has 22 heavy (non-hydrogen) atoms. The van der Waals surface area contributed by atoms with Crippen LogP contribution in [0.2, 0.25) is 0 Å². The van der Waals surface area contributed by atoms with Gasteiger partial charge in [-0.05, 0) is 85.0 Å². The normalized spacial score (nSPS) is 10.4. The van der Waals surface area contributed by atoms with Crippen molar-refractivity contribution in [3.8, 4) is 11.5 Å². The van der Waals surface area contributed by atoms with E-state index in [9.17, 15) is 4.79 Å². The van der Waals surface area contributed by atoms with E-state index in [1.54, 1.807) is 12.1 Å². The molecule has 116 valence electrons. The van der Waals surface area contributed by atoms with E-state index in [0.29, 0.717) is 11.4 Å². The maximum absolute atomic E-state index is 11.8. The molecule has 0 unspecified atom stereocenters. The molecule has 0 aliphatic heterocycles. The Hall–Kier alpha value is -1.76. The van der Waals surface area contributed by atoms with Crippen molar-refractivity contribution in [3.63, 3.8) is 0 Å². The van der Waals surface area contributed by atoms with Crippen LogP contribution in [0.5, 0.6) is 11.5 Å². The van der Waals surface area contributed by atoms with Gasteiger partial charge in [0.25, 0.3) is 5.91 Å². The number of ether oxygens (including phenoxy) is 2. The third-order valence-corrected chi connectivity index (χ3v) is 3.41. The van der Waals surface area contributed by atoms with E-state index in [0.717, 1.165) is 9.32 Å². The maximum atomic E-state index is 11.8. The second-order valence-electron chi connectivity index (χ2n) is 4.98. The summed E-state index contributed by atoms with van der Waals surface area (Å²) in [5.74, 6) is 1.26. The third kappa shape index (κ3) is 5.55. The summed E-state index contributed by atoms with van der Waals surface area (Å²) in [7, 11) is 0. The molecule has 0 saturated heterocycles. The smallest absolute Gasteiger partial charge is 0.262 e. The predicted octanol–water partition coefficient (Wildman–Crippen LogP) is 4.10. The molecular weight excluding hydrogens is 393 g/mol. The van der Waals surface area contributed by atoms with Gasteiger partial charge in [-0.3, -0.25) is 4.79 Å². The van der Waals surface area contributed by atoms with E-state index in [4.69, 9.17) is 9.47 Å². The zero-order valence-electron chi connectivity index (χ0n) is 12.5. The van der Waals surface area contributed by atoms with Gasteiger partial charge in [-0.2, -0.15) is 0 Å². The summed E-state index contributed by atoms with van der Waals surface area (Å²) in [6.07, 6.45) is 0.128. The van der Waals surface area contributed by atoms with E-state index in [1.807, 2.05) is 50.2 Å². The van der Waals surface area contributed by atoms with Gasteiger partial charge in [0.1, 0.15) is 11.5 Å². The van der Waals surface area contributed by atoms with Crippen LogP contribution >= 0.6 is 22.6 Å². The van der Waals surface area contributed by atoms with Crippen molar-refractivity contribution in [1.82, 2.24) is 0 Å². The Balaban J connectivity index is 1.82. The second kappa shape index (κ2) is 8.03. The minimum absolute atomic E-state index is 0.0230. The van der Waals surface area contributed by atoms with Crippen LogP contribution in [0.1, 0.15) is 13.8 Å². The van der Waals surface area contributed by atoms with Crippen LogP contribution in [0.3, 0.4) is 0 Å². The number of anilines is 1. The Kier molecular flexibility index (Phi) is 6.06. The highest BCUT2D eigenvalue weighted by Crippen LogP contribution is 2.17. The van der Waals surface area contributed by atoms with Gasteiger partial charge in [-0.15, -0.1) is 0 Å². The van der Waals surface area contributed by atoms with Gasteiger partial charge in [0.2, 0.25) is 0 Å². The van der Waals surface area contributed by atoms with Crippen LogP contribution in [0.15, 0.2) is 48.5 Å². The SMILES string of the molecule is CC(C)Oc1ccc(NC(=O)COc2ccc(I)cc2)cc1. The minimum Gasteiger partial charge on any atom is -0.491 e. The molecule has 0 atom stereocenters. The number of amides is 1. The first-order chi connectivity index (χ1) is 10.5. The predicted molar refractivity (Wildman–Crippen MR) is 95.5 cm³/mol. The Morgan fingerprint density at radius 2 is 1.64 bits per heavy atom. The molecule has 2 rings (SSSR count). The average Bonchev–Trinajstić information content (AvgIpc) is 2.48. The number of halogens is 1. The lowest BCUT2D eigenvalue weighted by Crippen LogP contribution is -2.20. The standard InChI is InChI=1S/C17H18INO3/c1-12(2)22-16-9-5-14(6-10-16)19-17(20)11-21-15-7-3-13(18)4-8-15/h3-10,12H,11H2,1-2H3,(H,19,20). The topological polar surface area (TPSA) is 47.6 Å². The van der Waals surface area contributed by atoms with E-state index in [-0.39, 0.29) is 18.6 Å². The maximum Gasteiger partial charge on any atom is 0.262 e. The van der Waals surface area contributed by atoms with Crippen molar-refractivity contribution < 1.29 is 14.3 Å². The quantitative estimate of drug-likeness (QED) is 0.729. The lowest BCUT2D eigenvalue weighted by Gasteiger charge is -2.11. The molecule has 0 radical (unpaired) electrons. The fourth-order valence-corrected chi connectivity index (χ4v) is 2.13. The Bertz CT molecular complexity index is 609. The Morgan fingerprint density at radius 1 is 1.05 bits per heavy atom. The zero-order valence-corrected chi connectivity index (χ0v) is 14.7. The lowest BCUT2D eigenvalue weighted by atomic mass is 10.3. The van der Waals surface area contributed by atoms with E-state index >= 15 is 0 Å². The van der Waals surface area contributed by atoms with Crippen LogP contribution in [-0.4, -0.2) is 18.6 Å². The summed E-state index contributed by atoms with van der Waals surface area (Å²) in [5.41, 5.74) is 0.715. The van der Waals surface area contributed by atoms with Crippen molar-refractivity contribution in [2.24, 2.45) is 0 Å². The van der Waals surface area contributed by atoms with Crippen LogP contribution in [-0.2, 0) is 4.79 Å². The molecule has 4 nitrogen and oxygen atoms in total. The number of carbonyl (C=O) groups is 1. The van der Waals surface area contributed by atoms with E-state index in [2.05, 4.69) is 27.9 Å². The Morgan fingerprint density at radius 3 is 2.23 bits per heavy atom. The number of carbonyl (C=O) groups excluding carboxylic acids is 1. The first-order valence-corrected chi connectivity index (χ1v) is 8.06. The molecule has 1 N–H and O–H groups in total. The molecule has 0 bridgehead atoms. The van der Waals surface area contributed by atoms with Gasteiger partial charge in [0, 0.05) is 9.26 Å². The van der Waals surface area contributed by atoms with E-state index in [1.165, 1.54) is 0 Å². The summed E-state index contributed by atoms with van der Waals surface area (Å²) in [4.78, 5) is 11.8. The monoisotopic (exact) mass is 411 g/mol. The lowest BCUT2D eigenvalue weighted by molar-refractivity contribution is -0.118. The van der Waals surface area contributed by atoms with Crippen LogP contribution in [0, 0.1) is 3.57 Å². The minimum atomic E-state index is -0.198. The molecule has 0 aliphatic rings. The van der Waals surface area contributed by atoms with Crippen LogP contribution < -0.4 is 14.8 Å². The number of benzene rings is 2. The van der Waals surface area contributed by atoms with Gasteiger partial charge >= 0.3 is 0 Å². The summed E-state index contributed by atoms with van der Waals surface area (Å²) >= 11 is 2.22. The van der Waals surface area contributed by atoms with Gasteiger partial charge in [0.05, 0.1) is 6.10 Å². The molecule has 0 saturated carbocycles. The first kappa shape index (κ1) is 16.6.